The molecule has 0 aliphatic carbocycles. The van der Waals surface area contributed by atoms with Crippen LogP contribution in [-0.2, 0) is 4.79 Å². The third kappa shape index (κ3) is 2.15. The third-order valence-corrected chi connectivity index (χ3v) is 5.36. The Morgan fingerprint density at radius 2 is 2.16 bits per heavy atom. The summed E-state index contributed by atoms with van der Waals surface area (Å²) in [6, 6.07) is 4.20. The van der Waals surface area contributed by atoms with Crippen molar-refractivity contribution in [3.05, 3.63) is 23.3 Å². The van der Waals surface area contributed by atoms with Gasteiger partial charge in [-0.2, -0.15) is 12.6 Å². The van der Waals surface area contributed by atoms with Crippen LogP contribution >= 0.6 is 24.0 Å². The van der Waals surface area contributed by atoms with E-state index in [1.54, 1.807) is 11.3 Å². The fraction of sp³-hybridized carbons (Fsp3) is 0.429. The summed E-state index contributed by atoms with van der Waals surface area (Å²) in [6.45, 7) is 4.90. The zero-order chi connectivity index (χ0) is 13.6. The van der Waals surface area contributed by atoms with Crippen LogP contribution in [0.4, 0.5) is 5.13 Å². The molecule has 100 valence electrons. The first-order valence-corrected chi connectivity index (χ1v) is 7.83. The molecule has 1 aromatic carbocycles. The van der Waals surface area contributed by atoms with Crippen molar-refractivity contribution >= 4 is 45.2 Å². The number of carbonyl (C=O) groups excluding carboxylic acids is 1. The predicted molar refractivity (Wildman–Crippen MR) is 83.4 cm³/mol. The van der Waals surface area contributed by atoms with E-state index in [2.05, 4.69) is 43.6 Å². The van der Waals surface area contributed by atoms with Gasteiger partial charge in [0.1, 0.15) is 0 Å². The lowest BCUT2D eigenvalue weighted by atomic mass is 10.1. The molecule has 0 bridgehead atoms. The largest absolute Gasteiger partial charge is 0.288 e. The van der Waals surface area contributed by atoms with E-state index in [0.717, 1.165) is 22.9 Å². The van der Waals surface area contributed by atoms with Gasteiger partial charge in [0.15, 0.2) is 5.13 Å². The molecule has 3 rings (SSSR count). The molecule has 2 heterocycles. The van der Waals surface area contributed by atoms with Crippen LogP contribution in [-0.4, -0.2) is 23.2 Å². The topological polar surface area (TPSA) is 33.2 Å². The molecule has 0 spiro atoms. The first kappa shape index (κ1) is 12.9. The number of anilines is 1. The molecule has 19 heavy (non-hydrogen) atoms. The third-order valence-electron chi connectivity index (χ3n) is 3.63. The number of hydrogen-bond donors (Lipinski definition) is 1. The van der Waals surface area contributed by atoms with Gasteiger partial charge < -0.3 is 0 Å². The smallest absolute Gasteiger partial charge is 0.229 e. The highest BCUT2D eigenvalue weighted by Crippen LogP contribution is 2.35. The average Bonchev–Trinajstić information content (AvgIpc) is 2.98. The van der Waals surface area contributed by atoms with E-state index in [4.69, 9.17) is 0 Å². The van der Waals surface area contributed by atoms with Crippen LogP contribution in [0.15, 0.2) is 12.1 Å². The summed E-state index contributed by atoms with van der Waals surface area (Å²) >= 11 is 5.92. The highest BCUT2D eigenvalue weighted by molar-refractivity contribution is 7.80. The van der Waals surface area contributed by atoms with Crippen LogP contribution in [0.2, 0.25) is 0 Å². The Morgan fingerprint density at radius 1 is 1.42 bits per heavy atom. The number of benzene rings is 1. The van der Waals surface area contributed by atoms with Crippen LogP contribution in [0.5, 0.6) is 0 Å². The van der Waals surface area contributed by atoms with Crippen molar-refractivity contribution in [2.75, 3.05) is 17.2 Å². The van der Waals surface area contributed by atoms with E-state index in [1.165, 1.54) is 15.8 Å². The summed E-state index contributed by atoms with van der Waals surface area (Å²) in [5.41, 5.74) is 3.42. The number of nitrogens with zero attached hydrogens (tertiary/aromatic N) is 2. The summed E-state index contributed by atoms with van der Waals surface area (Å²) in [7, 11) is 0. The number of aryl methyl sites for hydroxylation is 2. The highest BCUT2D eigenvalue weighted by Gasteiger charge is 2.31. The molecule has 1 unspecified atom stereocenters. The van der Waals surface area contributed by atoms with Crippen LogP contribution in [0, 0.1) is 19.8 Å². The maximum Gasteiger partial charge on any atom is 0.229 e. The van der Waals surface area contributed by atoms with Gasteiger partial charge in [-0.25, -0.2) is 4.98 Å². The molecule has 1 aromatic heterocycles. The van der Waals surface area contributed by atoms with E-state index in [-0.39, 0.29) is 5.91 Å². The number of fused-ring (bicyclic) bond motifs is 1. The molecule has 0 saturated carbocycles. The van der Waals surface area contributed by atoms with Gasteiger partial charge in [-0.1, -0.05) is 23.5 Å². The molecule has 1 fully saturated rings. The molecule has 1 amide bonds. The van der Waals surface area contributed by atoms with Gasteiger partial charge in [-0.3, -0.25) is 9.69 Å². The Labute approximate surface area is 122 Å². The summed E-state index contributed by atoms with van der Waals surface area (Å²) < 4.78 is 1.19. The molecular formula is C14H16N2OS2. The molecule has 1 saturated heterocycles. The fourth-order valence-corrected chi connectivity index (χ4v) is 3.84. The molecule has 1 aliphatic rings. The molecule has 2 aromatic rings. The van der Waals surface area contributed by atoms with Gasteiger partial charge in [0.2, 0.25) is 5.91 Å². The molecular weight excluding hydrogens is 276 g/mol. The van der Waals surface area contributed by atoms with E-state index in [1.807, 2.05) is 4.90 Å². The molecule has 0 N–H and O–H groups in total. The van der Waals surface area contributed by atoms with Crippen LogP contribution in [0.25, 0.3) is 10.2 Å². The molecule has 3 nitrogen and oxygen atoms in total. The SMILES string of the molecule is Cc1ccc(C)c2sc(N3CC(CS)CC3=O)nc12. The first-order chi connectivity index (χ1) is 9.10. The Bertz CT molecular complexity index is 611. The number of aromatic nitrogens is 1. The molecule has 1 atom stereocenters. The number of carbonyl (C=O) groups is 1. The zero-order valence-corrected chi connectivity index (χ0v) is 12.7. The second kappa shape index (κ2) is 4.80. The second-order valence-corrected chi connectivity index (χ2v) is 6.47. The molecule has 5 heteroatoms. The van der Waals surface area contributed by atoms with E-state index < -0.39 is 0 Å². The second-order valence-electron chi connectivity index (χ2n) is 5.13. The summed E-state index contributed by atoms with van der Waals surface area (Å²) in [5, 5.41) is 0.835. The van der Waals surface area contributed by atoms with E-state index >= 15 is 0 Å². The number of thiazole rings is 1. The van der Waals surface area contributed by atoms with Gasteiger partial charge in [-0.05, 0) is 36.6 Å². The quantitative estimate of drug-likeness (QED) is 0.862. The van der Waals surface area contributed by atoms with Gasteiger partial charge in [-0.15, -0.1) is 0 Å². The summed E-state index contributed by atoms with van der Waals surface area (Å²) in [4.78, 5) is 18.5. The minimum Gasteiger partial charge on any atom is -0.288 e. The van der Waals surface area contributed by atoms with E-state index in [0.29, 0.717) is 12.3 Å². The summed E-state index contributed by atoms with van der Waals surface area (Å²) in [5.74, 6) is 1.28. The van der Waals surface area contributed by atoms with Crippen LogP contribution in [0.3, 0.4) is 0 Å². The number of thiol groups is 1. The maximum atomic E-state index is 12.0. The zero-order valence-electron chi connectivity index (χ0n) is 11.0. The van der Waals surface area contributed by atoms with Gasteiger partial charge in [0, 0.05) is 13.0 Å². The van der Waals surface area contributed by atoms with Crippen LogP contribution < -0.4 is 4.90 Å². The summed E-state index contributed by atoms with van der Waals surface area (Å²) in [6.07, 6.45) is 0.595. The fourth-order valence-electron chi connectivity index (χ4n) is 2.45. The number of rotatable bonds is 2. The maximum absolute atomic E-state index is 12.0. The van der Waals surface area contributed by atoms with Gasteiger partial charge >= 0.3 is 0 Å². The average molecular weight is 292 g/mol. The van der Waals surface area contributed by atoms with Crippen molar-refractivity contribution in [3.63, 3.8) is 0 Å². The standard InChI is InChI=1S/C14H16N2OS2/c1-8-3-4-9(2)13-12(8)15-14(19-13)16-6-10(7-18)5-11(16)17/h3-4,10,18H,5-7H2,1-2H3. The minimum atomic E-state index is 0.174. The van der Waals surface area contributed by atoms with Crippen molar-refractivity contribution in [2.24, 2.45) is 5.92 Å². The molecule has 0 radical (unpaired) electrons. The molecule has 1 aliphatic heterocycles. The predicted octanol–water partition coefficient (Wildman–Crippen LogP) is 3.20. The lowest BCUT2D eigenvalue weighted by molar-refractivity contribution is -0.117. The van der Waals surface area contributed by atoms with Gasteiger partial charge in [0.05, 0.1) is 10.2 Å². The van der Waals surface area contributed by atoms with Crippen molar-refractivity contribution in [1.29, 1.82) is 0 Å². The minimum absolute atomic E-state index is 0.174. The highest BCUT2D eigenvalue weighted by atomic mass is 32.1. The van der Waals surface area contributed by atoms with Crippen molar-refractivity contribution in [2.45, 2.75) is 20.3 Å². The number of hydrogen-bond acceptors (Lipinski definition) is 4. The van der Waals surface area contributed by atoms with Crippen molar-refractivity contribution in [3.8, 4) is 0 Å². The normalized spacial score (nSPS) is 19.6. The lowest BCUT2D eigenvalue weighted by Crippen LogP contribution is -2.24. The first-order valence-electron chi connectivity index (χ1n) is 6.38. The Hall–Kier alpha value is -1.07. The number of amides is 1. The van der Waals surface area contributed by atoms with Crippen LogP contribution in [0.1, 0.15) is 17.5 Å². The van der Waals surface area contributed by atoms with E-state index in [9.17, 15) is 4.79 Å². The van der Waals surface area contributed by atoms with Crippen molar-refractivity contribution < 1.29 is 4.79 Å². The van der Waals surface area contributed by atoms with Gasteiger partial charge in [0.25, 0.3) is 0 Å². The Balaban J connectivity index is 2.05. The monoisotopic (exact) mass is 292 g/mol. The Kier molecular flexibility index (Phi) is 3.27. The van der Waals surface area contributed by atoms with Crippen molar-refractivity contribution in [1.82, 2.24) is 4.98 Å². The Morgan fingerprint density at radius 3 is 2.79 bits per heavy atom. The lowest BCUT2D eigenvalue weighted by Gasteiger charge is -2.11.